The van der Waals surface area contributed by atoms with Gasteiger partial charge in [-0.2, -0.15) is 5.26 Å². The molecule has 0 saturated carbocycles. The Labute approximate surface area is 96.2 Å². The zero-order valence-electron chi connectivity index (χ0n) is 8.29. The van der Waals surface area contributed by atoms with Gasteiger partial charge in [-0.05, 0) is 23.6 Å². The number of hydrogen-bond donors (Lipinski definition) is 0. The topological polar surface area (TPSA) is 41.1 Å². The molecule has 0 saturated heterocycles. The van der Waals surface area contributed by atoms with Gasteiger partial charge in [0.1, 0.15) is 6.07 Å². The van der Waals surface area contributed by atoms with Crippen LogP contribution in [0.15, 0.2) is 41.9 Å². The molecule has 3 rings (SSSR count). The molecule has 0 aliphatic carbocycles. The highest BCUT2D eigenvalue weighted by molar-refractivity contribution is 7.13. The van der Waals surface area contributed by atoms with Gasteiger partial charge in [0.25, 0.3) is 0 Å². The van der Waals surface area contributed by atoms with Gasteiger partial charge in [-0.3, -0.25) is 4.40 Å². The number of fused-ring (bicyclic) bond motifs is 1. The fraction of sp³-hybridized carbons (Fsp3) is 0. The molecule has 0 unspecified atom stereocenters. The van der Waals surface area contributed by atoms with Crippen molar-refractivity contribution in [1.29, 1.82) is 5.26 Å². The zero-order chi connectivity index (χ0) is 11.0. The Hall–Kier alpha value is -2.12. The number of nitriles is 1. The van der Waals surface area contributed by atoms with E-state index in [4.69, 9.17) is 5.26 Å². The highest BCUT2D eigenvalue weighted by Gasteiger charge is 2.11. The third kappa shape index (κ3) is 1.23. The standard InChI is InChI=1S/C12H7N3S/c13-8-9-10-4-1-2-6-15(10)12(14-9)11-5-3-7-16-11/h1-7H. The molecule has 0 atom stereocenters. The van der Waals surface area contributed by atoms with Crippen molar-refractivity contribution in [2.45, 2.75) is 0 Å². The maximum absolute atomic E-state index is 9.02. The van der Waals surface area contributed by atoms with Crippen molar-refractivity contribution in [3.63, 3.8) is 0 Å². The van der Waals surface area contributed by atoms with Gasteiger partial charge in [0.15, 0.2) is 11.5 Å². The van der Waals surface area contributed by atoms with E-state index in [1.807, 2.05) is 46.3 Å². The van der Waals surface area contributed by atoms with E-state index in [9.17, 15) is 0 Å². The summed E-state index contributed by atoms with van der Waals surface area (Å²) in [5.74, 6) is 0.835. The molecule has 3 aromatic rings. The minimum absolute atomic E-state index is 0.476. The van der Waals surface area contributed by atoms with E-state index in [-0.39, 0.29) is 0 Å². The second-order valence-corrected chi connectivity index (χ2v) is 4.28. The Morgan fingerprint density at radius 1 is 1.25 bits per heavy atom. The van der Waals surface area contributed by atoms with Gasteiger partial charge in [0, 0.05) is 6.20 Å². The fourth-order valence-electron chi connectivity index (χ4n) is 1.70. The normalized spacial score (nSPS) is 10.4. The summed E-state index contributed by atoms with van der Waals surface area (Å²) >= 11 is 1.62. The molecule has 76 valence electrons. The van der Waals surface area contributed by atoms with E-state index in [1.54, 1.807) is 11.3 Å². The number of thiophene rings is 1. The molecule has 3 aromatic heterocycles. The molecule has 0 spiro atoms. The molecule has 3 nitrogen and oxygen atoms in total. The lowest BCUT2D eigenvalue weighted by atomic mass is 10.3. The minimum Gasteiger partial charge on any atom is -0.298 e. The van der Waals surface area contributed by atoms with Crippen molar-refractivity contribution < 1.29 is 0 Å². The van der Waals surface area contributed by atoms with Crippen LogP contribution in [-0.2, 0) is 0 Å². The number of rotatable bonds is 1. The molecule has 0 aromatic carbocycles. The van der Waals surface area contributed by atoms with Crippen LogP contribution in [0.3, 0.4) is 0 Å². The molecule has 0 N–H and O–H groups in total. The summed E-state index contributed by atoms with van der Waals surface area (Å²) in [7, 11) is 0. The summed E-state index contributed by atoms with van der Waals surface area (Å²) in [6.45, 7) is 0. The Morgan fingerprint density at radius 2 is 2.19 bits per heavy atom. The highest BCUT2D eigenvalue weighted by atomic mass is 32.1. The molecule has 0 fully saturated rings. The van der Waals surface area contributed by atoms with Crippen LogP contribution in [0.4, 0.5) is 0 Å². The Kier molecular flexibility index (Phi) is 1.98. The van der Waals surface area contributed by atoms with E-state index in [0.29, 0.717) is 5.69 Å². The van der Waals surface area contributed by atoms with Crippen LogP contribution in [0.5, 0.6) is 0 Å². The van der Waals surface area contributed by atoms with E-state index in [2.05, 4.69) is 11.1 Å². The van der Waals surface area contributed by atoms with Gasteiger partial charge in [-0.15, -0.1) is 11.3 Å². The Bertz CT molecular complexity index is 674. The van der Waals surface area contributed by atoms with Crippen molar-refractivity contribution in [2.75, 3.05) is 0 Å². The largest absolute Gasteiger partial charge is 0.298 e. The van der Waals surface area contributed by atoms with Gasteiger partial charge < -0.3 is 0 Å². The number of imidazole rings is 1. The summed E-state index contributed by atoms with van der Waals surface area (Å²) in [5, 5.41) is 11.0. The van der Waals surface area contributed by atoms with Crippen molar-refractivity contribution in [2.24, 2.45) is 0 Å². The first-order valence-corrected chi connectivity index (χ1v) is 5.69. The van der Waals surface area contributed by atoms with Gasteiger partial charge in [-0.25, -0.2) is 4.98 Å². The van der Waals surface area contributed by atoms with Crippen LogP contribution in [-0.4, -0.2) is 9.38 Å². The Balaban J connectivity index is 2.39. The molecule has 0 amide bonds. The maximum atomic E-state index is 9.02. The van der Waals surface area contributed by atoms with Crippen molar-refractivity contribution in [3.8, 4) is 16.8 Å². The van der Waals surface area contributed by atoms with Crippen LogP contribution in [0, 0.1) is 11.3 Å². The first-order valence-electron chi connectivity index (χ1n) is 4.81. The van der Waals surface area contributed by atoms with Gasteiger partial charge in [0.2, 0.25) is 0 Å². The summed E-state index contributed by atoms with van der Waals surface area (Å²) in [6, 6.07) is 11.9. The van der Waals surface area contributed by atoms with Gasteiger partial charge in [-0.1, -0.05) is 12.1 Å². The monoisotopic (exact) mass is 225 g/mol. The molecule has 4 heteroatoms. The fourth-order valence-corrected chi connectivity index (χ4v) is 2.41. The lowest BCUT2D eigenvalue weighted by molar-refractivity contribution is 1.17. The van der Waals surface area contributed by atoms with Gasteiger partial charge >= 0.3 is 0 Å². The van der Waals surface area contributed by atoms with Crippen LogP contribution in [0.1, 0.15) is 5.69 Å². The van der Waals surface area contributed by atoms with Crippen LogP contribution in [0.25, 0.3) is 16.2 Å². The molecule has 0 radical (unpaired) electrons. The number of nitrogens with zero attached hydrogens (tertiary/aromatic N) is 3. The molecule has 3 heterocycles. The lowest BCUT2D eigenvalue weighted by Crippen LogP contribution is -1.85. The summed E-state index contributed by atoms with van der Waals surface area (Å²) < 4.78 is 1.95. The molecule has 0 aliphatic rings. The quantitative estimate of drug-likeness (QED) is 0.639. The molecular formula is C12H7N3S. The van der Waals surface area contributed by atoms with E-state index >= 15 is 0 Å². The predicted octanol–water partition coefficient (Wildman–Crippen LogP) is 2.93. The van der Waals surface area contributed by atoms with E-state index in [1.165, 1.54) is 0 Å². The van der Waals surface area contributed by atoms with Crippen molar-refractivity contribution in [3.05, 3.63) is 47.6 Å². The van der Waals surface area contributed by atoms with Crippen LogP contribution in [0.2, 0.25) is 0 Å². The molecular weight excluding hydrogens is 218 g/mol. The maximum Gasteiger partial charge on any atom is 0.166 e. The minimum atomic E-state index is 0.476. The predicted molar refractivity (Wildman–Crippen MR) is 63.2 cm³/mol. The second-order valence-electron chi connectivity index (χ2n) is 3.33. The lowest BCUT2D eigenvalue weighted by Gasteiger charge is -1.96. The second kappa shape index (κ2) is 3.47. The average Bonchev–Trinajstić information content (AvgIpc) is 2.95. The summed E-state index contributed by atoms with van der Waals surface area (Å²) in [5.41, 5.74) is 1.33. The SMILES string of the molecule is N#Cc1nc(-c2cccs2)n2ccccc12. The zero-order valence-corrected chi connectivity index (χ0v) is 9.11. The van der Waals surface area contributed by atoms with Gasteiger partial charge in [0.05, 0.1) is 10.4 Å². The smallest absolute Gasteiger partial charge is 0.166 e. The Morgan fingerprint density at radius 3 is 2.94 bits per heavy atom. The summed E-state index contributed by atoms with van der Waals surface area (Å²) in [4.78, 5) is 5.43. The summed E-state index contributed by atoms with van der Waals surface area (Å²) in [6.07, 6.45) is 1.93. The number of aromatic nitrogens is 2. The van der Waals surface area contributed by atoms with Crippen molar-refractivity contribution in [1.82, 2.24) is 9.38 Å². The third-order valence-electron chi connectivity index (χ3n) is 2.40. The number of pyridine rings is 1. The van der Waals surface area contributed by atoms with Crippen molar-refractivity contribution >= 4 is 16.9 Å². The molecule has 16 heavy (non-hydrogen) atoms. The number of hydrogen-bond acceptors (Lipinski definition) is 3. The third-order valence-corrected chi connectivity index (χ3v) is 3.26. The average molecular weight is 225 g/mol. The van der Waals surface area contributed by atoms with E-state index < -0.39 is 0 Å². The molecule has 0 bridgehead atoms. The van der Waals surface area contributed by atoms with E-state index in [0.717, 1.165) is 16.2 Å². The van der Waals surface area contributed by atoms with Crippen LogP contribution >= 0.6 is 11.3 Å². The highest BCUT2D eigenvalue weighted by Crippen LogP contribution is 2.25. The van der Waals surface area contributed by atoms with Crippen LogP contribution < -0.4 is 0 Å². The first kappa shape index (κ1) is 9.13. The first-order chi connectivity index (χ1) is 7.90. The molecule has 0 aliphatic heterocycles.